The lowest BCUT2D eigenvalue weighted by molar-refractivity contribution is -0.122. The summed E-state index contributed by atoms with van der Waals surface area (Å²) in [5, 5.41) is 11.1. The maximum atomic E-state index is 12.7. The maximum absolute atomic E-state index is 12.7. The number of aromatic nitrogens is 3. The van der Waals surface area contributed by atoms with Crippen LogP contribution in [0.2, 0.25) is 0 Å². The van der Waals surface area contributed by atoms with Crippen molar-refractivity contribution in [2.75, 3.05) is 32.7 Å². The van der Waals surface area contributed by atoms with Crippen LogP contribution in [-0.4, -0.2) is 75.4 Å². The molecular weight excluding hydrogens is 344 g/mol. The number of amides is 2. The molecule has 0 atom stereocenters. The first-order valence-electron chi connectivity index (χ1n) is 9.42. The summed E-state index contributed by atoms with van der Waals surface area (Å²) in [4.78, 5) is 28.4. The van der Waals surface area contributed by atoms with Crippen molar-refractivity contribution in [2.45, 2.75) is 25.4 Å². The van der Waals surface area contributed by atoms with E-state index < -0.39 is 0 Å². The van der Waals surface area contributed by atoms with Crippen LogP contribution in [0.3, 0.4) is 0 Å². The Morgan fingerprint density at radius 2 is 1.81 bits per heavy atom. The Morgan fingerprint density at radius 3 is 2.52 bits per heavy atom. The molecule has 0 radical (unpaired) electrons. The lowest BCUT2D eigenvalue weighted by Crippen LogP contribution is -2.51. The minimum absolute atomic E-state index is 0.0844. The van der Waals surface area contributed by atoms with Crippen molar-refractivity contribution in [3.8, 4) is 0 Å². The SMILES string of the molecule is O=C(CN1CCN(C(=O)c2cn(Cc3ccccc3)nn2)CC1)NC1CC1. The number of hydrogen-bond acceptors (Lipinski definition) is 5. The van der Waals surface area contributed by atoms with Crippen LogP contribution >= 0.6 is 0 Å². The minimum atomic E-state index is -0.101. The number of nitrogens with one attached hydrogen (secondary N) is 1. The van der Waals surface area contributed by atoms with E-state index in [1.54, 1.807) is 15.8 Å². The Hall–Kier alpha value is -2.74. The van der Waals surface area contributed by atoms with Gasteiger partial charge in [-0.1, -0.05) is 35.5 Å². The van der Waals surface area contributed by atoms with Crippen LogP contribution in [0.4, 0.5) is 0 Å². The molecule has 4 rings (SSSR count). The first-order valence-corrected chi connectivity index (χ1v) is 9.42. The molecule has 0 unspecified atom stereocenters. The molecule has 1 aliphatic carbocycles. The molecule has 1 saturated heterocycles. The first kappa shape index (κ1) is 17.7. The van der Waals surface area contributed by atoms with Gasteiger partial charge in [-0.05, 0) is 18.4 Å². The summed E-state index contributed by atoms with van der Waals surface area (Å²) in [6.45, 7) is 3.59. The standard InChI is InChI=1S/C19H24N6O2/c26-18(20-16-6-7-16)14-23-8-10-24(11-9-23)19(27)17-13-25(22-21-17)12-15-4-2-1-3-5-15/h1-5,13,16H,6-12,14H2,(H,20,26). The smallest absolute Gasteiger partial charge is 0.276 e. The molecule has 1 aromatic heterocycles. The van der Waals surface area contributed by atoms with Gasteiger partial charge >= 0.3 is 0 Å². The third-order valence-corrected chi connectivity index (χ3v) is 4.91. The summed E-state index contributed by atoms with van der Waals surface area (Å²) in [5.41, 5.74) is 1.48. The highest BCUT2D eigenvalue weighted by molar-refractivity contribution is 5.92. The van der Waals surface area contributed by atoms with Gasteiger partial charge in [0.1, 0.15) is 0 Å². The molecule has 2 aliphatic rings. The number of benzene rings is 1. The van der Waals surface area contributed by atoms with Crippen LogP contribution in [0.15, 0.2) is 36.5 Å². The van der Waals surface area contributed by atoms with Gasteiger partial charge in [0.05, 0.1) is 19.3 Å². The molecule has 0 bridgehead atoms. The lowest BCUT2D eigenvalue weighted by atomic mass is 10.2. The van der Waals surface area contributed by atoms with Gasteiger partial charge in [-0.25, -0.2) is 4.68 Å². The summed E-state index contributed by atoms with van der Waals surface area (Å²) in [5.74, 6) is -0.0162. The van der Waals surface area contributed by atoms with Crippen LogP contribution in [0.5, 0.6) is 0 Å². The molecule has 142 valence electrons. The van der Waals surface area contributed by atoms with Gasteiger partial charge in [0.15, 0.2) is 5.69 Å². The predicted molar refractivity (Wildman–Crippen MR) is 99.1 cm³/mol. The van der Waals surface area contributed by atoms with E-state index in [2.05, 4.69) is 20.5 Å². The van der Waals surface area contributed by atoms with Crippen molar-refractivity contribution in [2.24, 2.45) is 0 Å². The van der Waals surface area contributed by atoms with Gasteiger partial charge in [0, 0.05) is 32.2 Å². The predicted octanol–water partition coefficient (Wildman–Crippen LogP) is 0.363. The fourth-order valence-corrected chi connectivity index (χ4v) is 3.22. The van der Waals surface area contributed by atoms with Crippen LogP contribution < -0.4 is 5.32 Å². The number of carbonyl (C=O) groups excluding carboxylic acids is 2. The molecule has 1 N–H and O–H groups in total. The molecule has 1 aliphatic heterocycles. The lowest BCUT2D eigenvalue weighted by Gasteiger charge is -2.33. The second-order valence-corrected chi connectivity index (χ2v) is 7.20. The molecule has 0 spiro atoms. The van der Waals surface area contributed by atoms with E-state index >= 15 is 0 Å². The number of carbonyl (C=O) groups is 2. The van der Waals surface area contributed by atoms with Gasteiger partial charge in [-0.15, -0.1) is 5.10 Å². The Balaban J connectivity index is 1.27. The topological polar surface area (TPSA) is 83.4 Å². The molecule has 27 heavy (non-hydrogen) atoms. The minimum Gasteiger partial charge on any atom is -0.352 e. The normalized spacial score (nSPS) is 17.7. The largest absolute Gasteiger partial charge is 0.352 e. The van der Waals surface area contributed by atoms with Crippen molar-refractivity contribution in [3.05, 3.63) is 47.8 Å². The summed E-state index contributed by atoms with van der Waals surface area (Å²) in [6, 6.07) is 10.3. The number of hydrogen-bond donors (Lipinski definition) is 1. The van der Waals surface area contributed by atoms with Gasteiger partial charge in [0.25, 0.3) is 5.91 Å². The zero-order valence-corrected chi connectivity index (χ0v) is 15.3. The molecular formula is C19H24N6O2. The first-order chi connectivity index (χ1) is 13.2. The zero-order chi connectivity index (χ0) is 18.6. The van der Waals surface area contributed by atoms with Crippen LogP contribution in [-0.2, 0) is 11.3 Å². The van der Waals surface area contributed by atoms with Crippen molar-refractivity contribution < 1.29 is 9.59 Å². The second kappa shape index (κ2) is 7.87. The molecule has 1 aromatic carbocycles. The fourth-order valence-electron chi connectivity index (χ4n) is 3.22. The Morgan fingerprint density at radius 1 is 1.07 bits per heavy atom. The number of nitrogens with zero attached hydrogens (tertiary/aromatic N) is 5. The second-order valence-electron chi connectivity index (χ2n) is 7.20. The molecule has 2 heterocycles. The van der Waals surface area contributed by atoms with E-state index in [-0.39, 0.29) is 11.8 Å². The molecule has 2 fully saturated rings. The van der Waals surface area contributed by atoms with E-state index in [0.29, 0.717) is 51.0 Å². The molecule has 8 heteroatoms. The third-order valence-electron chi connectivity index (χ3n) is 4.91. The van der Waals surface area contributed by atoms with Crippen LogP contribution in [0.25, 0.3) is 0 Å². The molecule has 8 nitrogen and oxygen atoms in total. The average molecular weight is 368 g/mol. The van der Waals surface area contributed by atoms with Crippen molar-refractivity contribution in [1.82, 2.24) is 30.1 Å². The van der Waals surface area contributed by atoms with E-state index in [1.165, 1.54) is 0 Å². The zero-order valence-electron chi connectivity index (χ0n) is 15.3. The highest BCUT2D eigenvalue weighted by atomic mass is 16.2. The summed E-state index contributed by atoms with van der Waals surface area (Å²) >= 11 is 0. The summed E-state index contributed by atoms with van der Waals surface area (Å²) < 4.78 is 1.68. The highest BCUT2D eigenvalue weighted by Gasteiger charge is 2.27. The Bertz CT molecular complexity index is 794. The van der Waals surface area contributed by atoms with Crippen LogP contribution in [0, 0.1) is 0 Å². The molecule has 1 saturated carbocycles. The van der Waals surface area contributed by atoms with E-state index in [9.17, 15) is 9.59 Å². The number of piperazine rings is 1. The number of rotatable bonds is 6. The quantitative estimate of drug-likeness (QED) is 0.796. The van der Waals surface area contributed by atoms with E-state index in [1.807, 2.05) is 30.3 Å². The Kier molecular flexibility index (Phi) is 5.15. The molecule has 2 aromatic rings. The van der Waals surface area contributed by atoms with Gasteiger partial charge in [0.2, 0.25) is 5.91 Å². The Labute approximate surface area is 158 Å². The summed E-state index contributed by atoms with van der Waals surface area (Å²) in [7, 11) is 0. The summed E-state index contributed by atoms with van der Waals surface area (Å²) in [6.07, 6.45) is 3.89. The third kappa shape index (κ3) is 4.71. The van der Waals surface area contributed by atoms with Crippen LogP contribution in [0.1, 0.15) is 28.9 Å². The maximum Gasteiger partial charge on any atom is 0.276 e. The monoisotopic (exact) mass is 368 g/mol. The van der Waals surface area contributed by atoms with Crippen molar-refractivity contribution >= 4 is 11.8 Å². The van der Waals surface area contributed by atoms with Gasteiger partial charge < -0.3 is 10.2 Å². The van der Waals surface area contributed by atoms with Crippen molar-refractivity contribution in [1.29, 1.82) is 0 Å². The van der Waals surface area contributed by atoms with Gasteiger partial charge in [-0.3, -0.25) is 14.5 Å². The molecule has 2 amide bonds. The van der Waals surface area contributed by atoms with Gasteiger partial charge in [-0.2, -0.15) is 0 Å². The van der Waals surface area contributed by atoms with E-state index in [4.69, 9.17) is 0 Å². The average Bonchev–Trinajstić information content (AvgIpc) is 3.37. The highest BCUT2D eigenvalue weighted by Crippen LogP contribution is 2.18. The van der Waals surface area contributed by atoms with E-state index in [0.717, 1.165) is 18.4 Å². The van der Waals surface area contributed by atoms with Crippen molar-refractivity contribution in [3.63, 3.8) is 0 Å². The fraction of sp³-hybridized carbons (Fsp3) is 0.474.